The molecule has 12 heteroatoms. The van der Waals surface area contributed by atoms with Crippen molar-refractivity contribution in [1.82, 2.24) is 15.5 Å². The molecular formula is C30H36N4O7S. The molecule has 0 spiro atoms. The lowest BCUT2D eigenvalue weighted by Crippen LogP contribution is -2.41. The monoisotopic (exact) mass is 596 g/mol. The zero-order valence-electron chi connectivity index (χ0n) is 24.6. The molecule has 0 atom stereocenters. The number of hydrogen-bond donors (Lipinski definition) is 1. The van der Waals surface area contributed by atoms with Crippen LogP contribution >= 0.6 is 0 Å². The van der Waals surface area contributed by atoms with E-state index in [1.54, 1.807) is 50.2 Å². The highest BCUT2D eigenvalue weighted by molar-refractivity contribution is 7.93. The number of rotatable bonds is 12. The average Bonchev–Trinajstić information content (AvgIpc) is 3.58. The number of amides is 1. The fourth-order valence-electron chi connectivity index (χ4n) is 4.33. The van der Waals surface area contributed by atoms with Crippen molar-refractivity contribution >= 4 is 21.8 Å². The van der Waals surface area contributed by atoms with E-state index in [9.17, 15) is 13.2 Å². The third-order valence-corrected chi connectivity index (χ3v) is 8.16. The highest BCUT2D eigenvalue weighted by atomic mass is 32.2. The van der Waals surface area contributed by atoms with E-state index in [0.717, 1.165) is 4.31 Å². The highest BCUT2D eigenvalue weighted by Crippen LogP contribution is 2.36. The number of nitrogens with one attached hydrogen (secondary N) is 1. The van der Waals surface area contributed by atoms with Gasteiger partial charge in [0.2, 0.25) is 17.7 Å². The van der Waals surface area contributed by atoms with Gasteiger partial charge in [0.15, 0.2) is 0 Å². The van der Waals surface area contributed by atoms with E-state index in [0.29, 0.717) is 39.4 Å². The molecule has 0 fully saturated rings. The number of aromatic nitrogens is 2. The van der Waals surface area contributed by atoms with Gasteiger partial charge in [-0.1, -0.05) is 29.4 Å². The van der Waals surface area contributed by atoms with Crippen molar-refractivity contribution in [2.24, 2.45) is 0 Å². The number of oxazole rings is 1. The third kappa shape index (κ3) is 7.07. The molecule has 2 aromatic carbocycles. The van der Waals surface area contributed by atoms with Gasteiger partial charge in [-0.3, -0.25) is 4.79 Å². The SMILES string of the molecule is COCCOCN(c1onc(C)c1C)S(=O)(=O)c1ccccc1-c1ccc(-c2ncco2)cc1CC(=O)NC(C)(C)C. The van der Waals surface area contributed by atoms with Crippen LogP contribution in [0.3, 0.4) is 0 Å². The predicted octanol–water partition coefficient (Wildman–Crippen LogP) is 4.89. The Bertz CT molecular complexity index is 1620. The number of methoxy groups -OCH3 is 1. The molecule has 2 aromatic heterocycles. The van der Waals surface area contributed by atoms with E-state index in [2.05, 4.69) is 15.5 Å². The molecule has 42 heavy (non-hydrogen) atoms. The Morgan fingerprint density at radius 3 is 2.48 bits per heavy atom. The minimum atomic E-state index is -4.25. The van der Waals surface area contributed by atoms with E-state index in [-0.39, 0.29) is 43.1 Å². The molecule has 0 unspecified atom stereocenters. The van der Waals surface area contributed by atoms with Crippen molar-refractivity contribution in [2.45, 2.75) is 51.5 Å². The Labute approximate surface area is 245 Å². The molecule has 0 radical (unpaired) electrons. The van der Waals surface area contributed by atoms with Crippen LogP contribution in [0.5, 0.6) is 0 Å². The summed E-state index contributed by atoms with van der Waals surface area (Å²) in [6.45, 7) is 9.30. The van der Waals surface area contributed by atoms with Gasteiger partial charge in [-0.05, 0) is 63.9 Å². The molecular weight excluding hydrogens is 560 g/mol. The summed E-state index contributed by atoms with van der Waals surface area (Å²) in [5, 5.41) is 6.94. The number of ether oxygens (including phenoxy) is 2. The summed E-state index contributed by atoms with van der Waals surface area (Å²) in [7, 11) is -2.72. The van der Waals surface area contributed by atoms with Gasteiger partial charge in [0.1, 0.15) is 13.0 Å². The van der Waals surface area contributed by atoms with E-state index in [1.165, 1.54) is 25.6 Å². The van der Waals surface area contributed by atoms with Gasteiger partial charge in [0.05, 0.1) is 36.4 Å². The number of carbonyl (C=O) groups is 1. The second-order valence-corrected chi connectivity index (χ2v) is 12.6. The van der Waals surface area contributed by atoms with Crippen LogP contribution in [-0.2, 0) is 30.7 Å². The van der Waals surface area contributed by atoms with Crippen molar-refractivity contribution in [3.8, 4) is 22.6 Å². The molecule has 0 saturated heterocycles. The fraction of sp³-hybridized carbons (Fsp3) is 0.367. The average molecular weight is 597 g/mol. The quantitative estimate of drug-likeness (QED) is 0.179. The maximum atomic E-state index is 14.3. The molecule has 4 rings (SSSR count). The van der Waals surface area contributed by atoms with Gasteiger partial charge in [-0.15, -0.1) is 0 Å². The smallest absolute Gasteiger partial charge is 0.269 e. The Morgan fingerprint density at radius 1 is 1.07 bits per heavy atom. The van der Waals surface area contributed by atoms with Gasteiger partial charge in [0.25, 0.3) is 10.0 Å². The van der Waals surface area contributed by atoms with Crippen LogP contribution in [0.4, 0.5) is 5.88 Å². The van der Waals surface area contributed by atoms with Crippen molar-refractivity contribution < 1.29 is 31.6 Å². The largest absolute Gasteiger partial charge is 0.445 e. The van der Waals surface area contributed by atoms with Gasteiger partial charge >= 0.3 is 0 Å². The van der Waals surface area contributed by atoms with Crippen molar-refractivity contribution in [3.05, 3.63) is 71.7 Å². The van der Waals surface area contributed by atoms with Gasteiger partial charge in [-0.25, -0.2) is 17.7 Å². The second-order valence-electron chi connectivity index (χ2n) is 10.8. The molecule has 0 aliphatic carbocycles. The first kappa shape index (κ1) is 30.9. The molecule has 0 saturated carbocycles. The first-order valence-corrected chi connectivity index (χ1v) is 14.8. The van der Waals surface area contributed by atoms with E-state index >= 15 is 0 Å². The molecule has 1 amide bonds. The van der Waals surface area contributed by atoms with Crippen LogP contribution in [0.15, 0.2) is 68.8 Å². The minimum absolute atomic E-state index is 0.000215. The van der Waals surface area contributed by atoms with Crippen molar-refractivity contribution in [2.75, 3.05) is 31.4 Å². The summed E-state index contributed by atoms with van der Waals surface area (Å²) in [5.74, 6) is 0.230. The van der Waals surface area contributed by atoms with Crippen LogP contribution in [0.2, 0.25) is 0 Å². The molecule has 224 valence electrons. The van der Waals surface area contributed by atoms with Gasteiger partial charge in [0, 0.05) is 29.3 Å². The lowest BCUT2D eigenvalue weighted by Gasteiger charge is -2.24. The minimum Gasteiger partial charge on any atom is -0.445 e. The molecule has 0 aliphatic rings. The summed E-state index contributed by atoms with van der Waals surface area (Å²) in [6, 6.07) is 12.0. The van der Waals surface area contributed by atoms with E-state index in [1.807, 2.05) is 20.8 Å². The Morgan fingerprint density at radius 2 is 1.83 bits per heavy atom. The summed E-state index contributed by atoms with van der Waals surface area (Å²) >= 11 is 0. The van der Waals surface area contributed by atoms with Crippen LogP contribution < -0.4 is 9.62 Å². The molecule has 4 aromatic rings. The molecule has 2 heterocycles. The zero-order valence-corrected chi connectivity index (χ0v) is 25.4. The number of anilines is 1. The molecule has 11 nitrogen and oxygen atoms in total. The molecule has 1 N–H and O–H groups in total. The van der Waals surface area contributed by atoms with Crippen molar-refractivity contribution in [1.29, 1.82) is 0 Å². The lowest BCUT2D eigenvalue weighted by atomic mass is 9.94. The van der Waals surface area contributed by atoms with Crippen LogP contribution in [-0.4, -0.2) is 57.1 Å². The Hall–Kier alpha value is -4.00. The predicted molar refractivity (Wildman–Crippen MR) is 157 cm³/mol. The lowest BCUT2D eigenvalue weighted by molar-refractivity contribution is -0.121. The number of benzene rings is 2. The number of aryl methyl sites for hydroxylation is 1. The summed E-state index contributed by atoms with van der Waals surface area (Å²) in [5.41, 5.74) is 2.92. The van der Waals surface area contributed by atoms with Crippen LogP contribution in [0.1, 0.15) is 37.6 Å². The number of hydrogen-bond acceptors (Lipinski definition) is 9. The highest BCUT2D eigenvalue weighted by Gasteiger charge is 2.33. The molecule has 0 bridgehead atoms. The number of sulfonamides is 1. The van der Waals surface area contributed by atoms with E-state index < -0.39 is 15.6 Å². The first-order chi connectivity index (χ1) is 19.9. The summed E-state index contributed by atoms with van der Waals surface area (Å²) in [4.78, 5) is 17.3. The summed E-state index contributed by atoms with van der Waals surface area (Å²) < 4.78 is 51.4. The van der Waals surface area contributed by atoms with Gasteiger partial charge < -0.3 is 23.7 Å². The topological polar surface area (TPSA) is 137 Å². The second kappa shape index (κ2) is 12.9. The van der Waals surface area contributed by atoms with Crippen LogP contribution in [0, 0.1) is 13.8 Å². The maximum absolute atomic E-state index is 14.3. The standard InChI is InChI=1S/C30H36N4O7S/c1-20-21(2)33-41-29(20)34(19-39-16-15-38-6)42(36,37)26-10-8-7-9-25(26)24-12-11-22(28-31-13-14-40-28)17-23(24)18-27(35)32-30(3,4)5/h7-14,17H,15-16,18-19H2,1-6H3,(H,32,35). The third-order valence-electron chi connectivity index (χ3n) is 6.39. The maximum Gasteiger partial charge on any atom is 0.269 e. The normalized spacial score (nSPS) is 12.0. The van der Waals surface area contributed by atoms with Crippen LogP contribution in [0.25, 0.3) is 22.6 Å². The number of carbonyl (C=O) groups excluding carboxylic acids is 1. The Kier molecular flexibility index (Phi) is 9.50. The Balaban J connectivity index is 1.83. The first-order valence-electron chi connectivity index (χ1n) is 13.4. The summed E-state index contributed by atoms with van der Waals surface area (Å²) in [6.07, 6.45) is 3.00. The fourth-order valence-corrected chi connectivity index (χ4v) is 5.88. The zero-order chi connectivity index (χ0) is 30.5. The van der Waals surface area contributed by atoms with Crippen molar-refractivity contribution in [3.63, 3.8) is 0 Å². The molecule has 0 aliphatic heterocycles. The number of nitrogens with zero attached hydrogens (tertiary/aromatic N) is 3. The van der Waals surface area contributed by atoms with E-state index in [4.69, 9.17) is 18.4 Å². The van der Waals surface area contributed by atoms with Gasteiger partial charge in [-0.2, -0.15) is 0 Å².